The van der Waals surface area contributed by atoms with Gasteiger partial charge >= 0.3 is 0 Å². The van der Waals surface area contributed by atoms with Crippen LogP contribution in [0.2, 0.25) is 0 Å². The van der Waals surface area contributed by atoms with Crippen molar-refractivity contribution < 1.29 is 19.1 Å². The van der Waals surface area contributed by atoms with E-state index in [9.17, 15) is 14.9 Å². The van der Waals surface area contributed by atoms with E-state index in [1.807, 2.05) is 24.3 Å². The summed E-state index contributed by atoms with van der Waals surface area (Å²) < 4.78 is 10.6. The minimum atomic E-state index is -0.331. The number of hydrogen-bond donors (Lipinski definition) is 2. The van der Waals surface area contributed by atoms with Crippen LogP contribution >= 0.6 is 11.8 Å². The van der Waals surface area contributed by atoms with Crippen molar-refractivity contribution in [1.82, 2.24) is 10.6 Å². The highest BCUT2D eigenvalue weighted by Gasteiger charge is 2.30. The van der Waals surface area contributed by atoms with E-state index in [0.29, 0.717) is 22.9 Å². The summed E-state index contributed by atoms with van der Waals surface area (Å²) in [7, 11) is 1.59. The highest BCUT2D eigenvalue weighted by atomic mass is 32.2. The molecule has 148 valence electrons. The van der Waals surface area contributed by atoms with Crippen LogP contribution < -0.4 is 15.4 Å². The largest absolute Gasteiger partial charge is 0.497 e. The van der Waals surface area contributed by atoms with E-state index in [4.69, 9.17) is 9.47 Å². The van der Waals surface area contributed by atoms with Gasteiger partial charge in [0.25, 0.3) is 0 Å². The number of amides is 2. The Morgan fingerprint density at radius 2 is 2.21 bits per heavy atom. The third kappa shape index (κ3) is 5.06. The van der Waals surface area contributed by atoms with E-state index >= 15 is 0 Å². The van der Waals surface area contributed by atoms with Crippen molar-refractivity contribution >= 4 is 23.6 Å². The molecule has 0 spiro atoms. The van der Waals surface area contributed by atoms with Gasteiger partial charge in [0.1, 0.15) is 5.75 Å². The average molecular weight is 401 g/mol. The SMILES string of the molecule is COc1ccc([C@@H]2CC(=O)NC(SCC(=O)NC[C@@H]3CCCO3)=C2C#N)cc1. The predicted octanol–water partition coefficient (Wildman–Crippen LogP) is 2.06. The summed E-state index contributed by atoms with van der Waals surface area (Å²) >= 11 is 1.18. The number of benzene rings is 1. The van der Waals surface area contributed by atoms with Crippen LogP contribution in [0.5, 0.6) is 5.75 Å². The number of allylic oxidation sites excluding steroid dienone is 1. The standard InChI is InChI=1S/C20H23N3O4S/c1-26-14-6-4-13(5-7-14)16-9-18(24)23-20(17(16)10-21)28-12-19(25)22-11-15-3-2-8-27-15/h4-7,15-16H,2-3,8-9,11-12H2,1H3,(H,22,25)(H,23,24)/t15-,16-/m0/s1. The number of nitrogens with zero attached hydrogens (tertiary/aromatic N) is 1. The molecule has 1 fully saturated rings. The van der Waals surface area contributed by atoms with E-state index in [0.717, 1.165) is 25.0 Å². The predicted molar refractivity (Wildman–Crippen MR) is 106 cm³/mol. The fraction of sp³-hybridized carbons (Fsp3) is 0.450. The van der Waals surface area contributed by atoms with Crippen molar-refractivity contribution in [1.29, 1.82) is 5.26 Å². The number of nitrogens with one attached hydrogen (secondary N) is 2. The molecule has 1 aromatic rings. The van der Waals surface area contributed by atoms with Gasteiger partial charge in [0.2, 0.25) is 11.8 Å². The van der Waals surface area contributed by atoms with Crippen LogP contribution in [0.1, 0.15) is 30.7 Å². The van der Waals surface area contributed by atoms with E-state index in [1.54, 1.807) is 7.11 Å². The van der Waals surface area contributed by atoms with E-state index in [1.165, 1.54) is 11.8 Å². The molecule has 7 nitrogen and oxygen atoms in total. The monoisotopic (exact) mass is 401 g/mol. The third-order valence-corrected chi connectivity index (χ3v) is 5.79. The smallest absolute Gasteiger partial charge is 0.230 e. The van der Waals surface area contributed by atoms with Gasteiger partial charge in [-0.1, -0.05) is 23.9 Å². The highest BCUT2D eigenvalue weighted by molar-refractivity contribution is 8.03. The second-order valence-corrected chi connectivity index (χ2v) is 7.65. The first-order chi connectivity index (χ1) is 13.6. The minimum absolute atomic E-state index is 0.0803. The molecular weight excluding hydrogens is 378 g/mol. The Bertz CT molecular complexity index is 795. The van der Waals surface area contributed by atoms with Crippen LogP contribution in [-0.2, 0) is 14.3 Å². The molecule has 1 aromatic carbocycles. The summed E-state index contributed by atoms with van der Waals surface area (Å²) in [6.07, 6.45) is 2.25. The van der Waals surface area contributed by atoms with Gasteiger partial charge < -0.3 is 20.1 Å². The molecule has 2 amide bonds. The van der Waals surface area contributed by atoms with Crippen molar-refractivity contribution in [2.75, 3.05) is 26.0 Å². The Morgan fingerprint density at radius 3 is 2.86 bits per heavy atom. The maximum atomic E-state index is 12.2. The molecule has 8 heteroatoms. The number of methoxy groups -OCH3 is 1. The van der Waals surface area contributed by atoms with Crippen molar-refractivity contribution in [2.24, 2.45) is 0 Å². The van der Waals surface area contributed by atoms with Crippen LogP contribution in [0.3, 0.4) is 0 Å². The van der Waals surface area contributed by atoms with Gasteiger partial charge in [0.15, 0.2) is 0 Å². The molecule has 0 saturated carbocycles. The Kier molecular flexibility index (Phi) is 6.95. The van der Waals surface area contributed by atoms with Gasteiger partial charge in [-0.15, -0.1) is 0 Å². The Balaban J connectivity index is 1.66. The Morgan fingerprint density at radius 1 is 1.43 bits per heavy atom. The van der Waals surface area contributed by atoms with Crippen molar-refractivity contribution in [3.05, 3.63) is 40.4 Å². The highest BCUT2D eigenvalue weighted by Crippen LogP contribution is 2.36. The number of ether oxygens (including phenoxy) is 2. The first-order valence-corrected chi connectivity index (χ1v) is 10.2. The van der Waals surface area contributed by atoms with Crippen LogP contribution in [0.4, 0.5) is 0 Å². The Labute approximate surface area is 168 Å². The maximum absolute atomic E-state index is 12.2. The summed E-state index contributed by atoms with van der Waals surface area (Å²) in [4.78, 5) is 24.3. The second kappa shape index (κ2) is 9.62. The molecule has 0 aromatic heterocycles. The molecule has 0 unspecified atom stereocenters. The molecule has 3 rings (SSSR count). The van der Waals surface area contributed by atoms with Crippen molar-refractivity contribution in [3.63, 3.8) is 0 Å². The van der Waals surface area contributed by atoms with E-state index in [2.05, 4.69) is 16.7 Å². The maximum Gasteiger partial charge on any atom is 0.230 e. The fourth-order valence-electron chi connectivity index (χ4n) is 3.28. The third-order valence-electron chi connectivity index (χ3n) is 4.77. The number of carbonyl (C=O) groups excluding carboxylic acids is 2. The zero-order valence-electron chi connectivity index (χ0n) is 15.7. The summed E-state index contributed by atoms with van der Waals surface area (Å²) in [6.45, 7) is 1.23. The van der Waals surface area contributed by atoms with E-state index in [-0.39, 0.29) is 36.0 Å². The average Bonchev–Trinajstić information content (AvgIpc) is 3.24. The molecule has 2 aliphatic heterocycles. The zero-order chi connectivity index (χ0) is 19.9. The molecule has 0 radical (unpaired) electrons. The fourth-order valence-corrected chi connectivity index (χ4v) is 4.18. The number of thioether (sulfide) groups is 1. The van der Waals surface area contributed by atoms with Crippen molar-refractivity contribution in [2.45, 2.75) is 31.3 Å². The quantitative estimate of drug-likeness (QED) is 0.725. The van der Waals surface area contributed by atoms with Gasteiger partial charge in [0, 0.05) is 25.5 Å². The van der Waals surface area contributed by atoms with Gasteiger partial charge in [-0.3, -0.25) is 9.59 Å². The Hall–Kier alpha value is -2.50. The van der Waals surface area contributed by atoms with Crippen LogP contribution in [0.15, 0.2) is 34.9 Å². The van der Waals surface area contributed by atoms with Gasteiger partial charge in [-0.05, 0) is 30.5 Å². The molecule has 1 saturated heterocycles. The van der Waals surface area contributed by atoms with Gasteiger partial charge in [0.05, 0.1) is 35.6 Å². The zero-order valence-corrected chi connectivity index (χ0v) is 16.5. The number of rotatable bonds is 7. The number of nitriles is 1. The first-order valence-electron chi connectivity index (χ1n) is 9.20. The van der Waals surface area contributed by atoms with Gasteiger partial charge in [-0.2, -0.15) is 5.26 Å². The summed E-state index contributed by atoms with van der Waals surface area (Å²) in [5.74, 6) is 0.197. The molecule has 2 N–H and O–H groups in total. The summed E-state index contributed by atoms with van der Waals surface area (Å²) in [6, 6.07) is 9.54. The lowest BCUT2D eigenvalue weighted by molar-refractivity contribution is -0.121. The number of carbonyl (C=O) groups is 2. The molecule has 28 heavy (non-hydrogen) atoms. The van der Waals surface area contributed by atoms with Crippen molar-refractivity contribution in [3.8, 4) is 11.8 Å². The first kappa shape index (κ1) is 20.2. The molecule has 2 aliphatic rings. The molecule has 2 atom stereocenters. The molecular formula is C20H23N3O4S. The normalized spacial score (nSPS) is 21.8. The molecule has 0 aliphatic carbocycles. The van der Waals surface area contributed by atoms with Crippen LogP contribution in [0, 0.1) is 11.3 Å². The van der Waals surface area contributed by atoms with Crippen LogP contribution in [-0.4, -0.2) is 43.9 Å². The topological polar surface area (TPSA) is 100 Å². The summed E-state index contributed by atoms with van der Waals surface area (Å²) in [5.41, 5.74) is 1.34. The van der Waals surface area contributed by atoms with Crippen LogP contribution in [0.25, 0.3) is 0 Å². The lowest BCUT2D eigenvalue weighted by atomic mass is 9.87. The second-order valence-electron chi connectivity index (χ2n) is 6.66. The lowest BCUT2D eigenvalue weighted by Crippen LogP contribution is -2.34. The summed E-state index contributed by atoms with van der Waals surface area (Å²) in [5, 5.41) is 15.7. The molecule has 0 bridgehead atoms. The minimum Gasteiger partial charge on any atom is -0.497 e. The lowest BCUT2D eigenvalue weighted by Gasteiger charge is -2.25. The van der Waals surface area contributed by atoms with Gasteiger partial charge in [-0.25, -0.2) is 0 Å². The molecule has 2 heterocycles. The van der Waals surface area contributed by atoms with E-state index < -0.39 is 0 Å². The number of hydrogen-bond acceptors (Lipinski definition) is 6.